The van der Waals surface area contributed by atoms with Crippen LogP contribution in [0.3, 0.4) is 0 Å². The summed E-state index contributed by atoms with van der Waals surface area (Å²) >= 11 is 0. The minimum atomic E-state index is -1.67. The number of aliphatic carboxylic acids is 2. The van der Waals surface area contributed by atoms with E-state index in [1.807, 2.05) is 24.3 Å². The Bertz CT molecular complexity index is 1290. The van der Waals surface area contributed by atoms with Crippen molar-refractivity contribution in [3.8, 4) is 0 Å². The van der Waals surface area contributed by atoms with Gasteiger partial charge in [0.05, 0.1) is 12.1 Å². The van der Waals surface area contributed by atoms with E-state index in [9.17, 15) is 39.3 Å². The average molecular weight is 591 g/mol. The van der Waals surface area contributed by atoms with Crippen LogP contribution in [-0.4, -0.2) is 92.7 Å². The molecule has 0 radical (unpaired) electrons. The van der Waals surface area contributed by atoms with Crippen LogP contribution in [0.15, 0.2) is 35.5 Å². The first kappa shape index (κ1) is 33.5. The number of H-pyrrole nitrogens is 1. The lowest BCUT2D eigenvalue weighted by Crippen LogP contribution is -2.58. The monoisotopic (exact) mass is 590 g/mol. The standard InChI is InChI=1S/C26H38N8O8/c1-13(35)21(25(41)42)34-24(40)18(7-4-10-30-26(28)29)33-23(39)19(8-9-20(36)37)32-22(38)16(27)11-14-12-31-17-6-3-2-5-15(14)17/h2-3,5-6,12-13,16,18-19,21,31,35H,4,7-11,27H2,1H3,(H,32,38)(H,33,39)(H,34,40)(H,36,37)(H,41,42)(H4,28,29,30). The Morgan fingerprint density at radius 2 is 1.57 bits per heavy atom. The number of guanidine groups is 1. The molecule has 1 aromatic carbocycles. The van der Waals surface area contributed by atoms with Crippen LogP contribution in [0.2, 0.25) is 0 Å². The van der Waals surface area contributed by atoms with Crippen molar-refractivity contribution in [1.82, 2.24) is 20.9 Å². The first-order valence-electron chi connectivity index (χ1n) is 13.2. The molecule has 0 fully saturated rings. The molecule has 0 aliphatic carbocycles. The van der Waals surface area contributed by atoms with Gasteiger partial charge in [-0.3, -0.25) is 24.2 Å². The van der Waals surface area contributed by atoms with Gasteiger partial charge in [0.2, 0.25) is 17.7 Å². The fraction of sp³-hybridized carbons (Fsp3) is 0.462. The second-order valence-electron chi connectivity index (χ2n) is 9.74. The Morgan fingerprint density at radius 1 is 0.952 bits per heavy atom. The minimum absolute atomic E-state index is 0.0554. The predicted octanol–water partition coefficient (Wildman–Crippen LogP) is -2.12. The lowest BCUT2D eigenvalue weighted by Gasteiger charge is -2.25. The number of carboxylic acids is 2. The van der Waals surface area contributed by atoms with Crippen molar-refractivity contribution >= 4 is 46.5 Å². The maximum Gasteiger partial charge on any atom is 0.328 e. The number of nitrogens with one attached hydrogen (secondary N) is 4. The molecule has 0 aliphatic heterocycles. The van der Waals surface area contributed by atoms with Crippen molar-refractivity contribution in [1.29, 1.82) is 0 Å². The van der Waals surface area contributed by atoms with Crippen molar-refractivity contribution in [2.45, 2.75) is 69.3 Å². The molecule has 16 heteroatoms. The Kier molecular flexibility index (Phi) is 12.7. The number of rotatable bonds is 17. The van der Waals surface area contributed by atoms with Crippen LogP contribution in [0.1, 0.15) is 38.2 Å². The second kappa shape index (κ2) is 15.9. The number of hydrogen-bond acceptors (Lipinski definition) is 8. The van der Waals surface area contributed by atoms with Gasteiger partial charge < -0.3 is 53.5 Å². The van der Waals surface area contributed by atoms with Gasteiger partial charge >= 0.3 is 11.9 Å². The van der Waals surface area contributed by atoms with Crippen LogP contribution in [0.4, 0.5) is 0 Å². The summed E-state index contributed by atoms with van der Waals surface area (Å²) in [7, 11) is 0. The van der Waals surface area contributed by atoms with E-state index < -0.39 is 66.4 Å². The molecule has 0 bridgehead atoms. The smallest absolute Gasteiger partial charge is 0.328 e. The first-order chi connectivity index (χ1) is 19.8. The van der Waals surface area contributed by atoms with Crippen LogP contribution < -0.4 is 33.2 Å². The van der Waals surface area contributed by atoms with Crippen molar-refractivity contribution < 1.29 is 39.3 Å². The van der Waals surface area contributed by atoms with Gasteiger partial charge in [0, 0.05) is 30.1 Å². The van der Waals surface area contributed by atoms with Crippen LogP contribution in [0.5, 0.6) is 0 Å². The zero-order valence-corrected chi connectivity index (χ0v) is 23.1. The first-order valence-corrected chi connectivity index (χ1v) is 13.2. The maximum absolute atomic E-state index is 13.2. The zero-order valence-electron chi connectivity index (χ0n) is 23.1. The highest BCUT2D eigenvalue weighted by molar-refractivity contribution is 5.94. The summed E-state index contributed by atoms with van der Waals surface area (Å²) in [6, 6.07) is 1.92. The Morgan fingerprint density at radius 3 is 2.19 bits per heavy atom. The third-order valence-corrected chi connectivity index (χ3v) is 6.36. The molecule has 0 saturated carbocycles. The summed E-state index contributed by atoms with van der Waals surface area (Å²) < 4.78 is 0. The summed E-state index contributed by atoms with van der Waals surface area (Å²) in [4.78, 5) is 68.7. The van der Waals surface area contributed by atoms with Gasteiger partial charge in [-0.05, 0) is 44.2 Å². The van der Waals surface area contributed by atoms with Crippen molar-refractivity contribution in [3.63, 3.8) is 0 Å². The Hall–Kier alpha value is -4.70. The average Bonchev–Trinajstić information content (AvgIpc) is 3.32. The third kappa shape index (κ3) is 10.4. The molecule has 16 nitrogen and oxygen atoms in total. The van der Waals surface area contributed by atoms with E-state index in [0.717, 1.165) is 16.5 Å². The summed E-state index contributed by atoms with van der Waals surface area (Å²) in [5.74, 6) is -5.46. The maximum atomic E-state index is 13.2. The van der Waals surface area contributed by atoms with E-state index in [1.54, 1.807) is 6.20 Å². The lowest BCUT2D eigenvalue weighted by atomic mass is 10.0. The SMILES string of the molecule is CC(O)C(NC(=O)C(CCCN=C(N)N)NC(=O)C(CCC(=O)O)NC(=O)C(N)Cc1c[nH]c2ccccc12)C(=O)O. The lowest BCUT2D eigenvalue weighted by molar-refractivity contribution is -0.145. The van der Waals surface area contributed by atoms with Gasteiger partial charge in [-0.25, -0.2) is 4.79 Å². The van der Waals surface area contributed by atoms with Crippen LogP contribution >= 0.6 is 0 Å². The highest BCUT2D eigenvalue weighted by Gasteiger charge is 2.32. The summed E-state index contributed by atoms with van der Waals surface area (Å²) in [5, 5.41) is 36.2. The zero-order chi connectivity index (χ0) is 31.4. The summed E-state index contributed by atoms with van der Waals surface area (Å²) in [6.07, 6.45) is -0.290. The number of aromatic nitrogens is 1. The van der Waals surface area contributed by atoms with Crippen LogP contribution in [0.25, 0.3) is 10.9 Å². The van der Waals surface area contributed by atoms with Crippen molar-refractivity contribution in [2.24, 2.45) is 22.2 Å². The number of aliphatic imine (C=N–C) groups is 1. The van der Waals surface area contributed by atoms with E-state index in [2.05, 4.69) is 25.9 Å². The van der Waals surface area contributed by atoms with E-state index in [4.69, 9.17) is 17.2 Å². The van der Waals surface area contributed by atoms with Gasteiger partial charge in [0.25, 0.3) is 0 Å². The number of aliphatic hydroxyl groups is 1. The number of nitrogens with two attached hydrogens (primary N) is 3. The van der Waals surface area contributed by atoms with E-state index in [1.165, 1.54) is 6.92 Å². The molecule has 5 atom stereocenters. The normalized spacial score (nSPS) is 14.5. The number of carboxylic acid groups (broad SMARTS) is 2. The molecule has 1 heterocycles. The summed E-state index contributed by atoms with van der Waals surface area (Å²) in [5.41, 5.74) is 18.3. The highest BCUT2D eigenvalue weighted by Crippen LogP contribution is 2.19. The van der Waals surface area contributed by atoms with E-state index in [0.29, 0.717) is 0 Å². The number of carbonyl (C=O) groups is 5. The van der Waals surface area contributed by atoms with Gasteiger partial charge in [0.15, 0.2) is 12.0 Å². The quantitative estimate of drug-likeness (QED) is 0.0539. The minimum Gasteiger partial charge on any atom is -0.481 e. The van der Waals surface area contributed by atoms with Gasteiger partial charge in [-0.15, -0.1) is 0 Å². The molecule has 0 spiro atoms. The molecule has 2 aromatic rings. The van der Waals surface area contributed by atoms with Crippen molar-refractivity contribution in [2.75, 3.05) is 6.54 Å². The van der Waals surface area contributed by atoms with E-state index in [-0.39, 0.29) is 38.2 Å². The Balaban J connectivity index is 2.18. The molecule has 0 saturated heterocycles. The third-order valence-electron chi connectivity index (χ3n) is 6.36. The molecule has 2 rings (SSSR count). The van der Waals surface area contributed by atoms with Crippen molar-refractivity contribution in [3.05, 3.63) is 36.0 Å². The van der Waals surface area contributed by atoms with E-state index >= 15 is 0 Å². The number of amides is 3. The number of hydrogen-bond donors (Lipinski definition) is 10. The van der Waals surface area contributed by atoms with Crippen LogP contribution in [-0.2, 0) is 30.4 Å². The molecule has 42 heavy (non-hydrogen) atoms. The van der Waals surface area contributed by atoms with Crippen LogP contribution in [0, 0.1) is 0 Å². The molecular weight excluding hydrogens is 552 g/mol. The molecule has 230 valence electrons. The van der Waals surface area contributed by atoms with Gasteiger partial charge in [0.1, 0.15) is 12.1 Å². The highest BCUT2D eigenvalue weighted by atomic mass is 16.4. The molecule has 5 unspecified atom stereocenters. The molecule has 13 N–H and O–H groups in total. The Labute approximate surface area is 241 Å². The number of benzene rings is 1. The number of nitrogens with zero attached hydrogens (tertiary/aromatic N) is 1. The fourth-order valence-electron chi connectivity index (χ4n) is 4.13. The largest absolute Gasteiger partial charge is 0.481 e. The number of aromatic amines is 1. The molecular formula is C26H38N8O8. The van der Waals surface area contributed by atoms with Gasteiger partial charge in [-0.1, -0.05) is 18.2 Å². The number of para-hydroxylation sites is 1. The number of fused-ring (bicyclic) bond motifs is 1. The fourth-order valence-corrected chi connectivity index (χ4v) is 4.13. The van der Waals surface area contributed by atoms with Gasteiger partial charge in [-0.2, -0.15) is 0 Å². The number of aliphatic hydroxyl groups excluding tert-OH is 1. The molecule has 0 aliphatic rings. The second-order valence-corrected chi connectivity index (χ2v) is 9.74. The molecule has 3 amide bonds. The predicted molar refractivity (Wildman–Crippen MR) is 152 cm³/mol. The topological polar surface area (TPSA) is 288 Å². The number of carbonyl (C=O) groups excluding carboxylic acids is 3. The summed E-state index contributed by atoms with van der Waals surface area (Å²) in [6.45, 7) is 1.25. The molecule has 1 aromatic heterocycles.